The average molecular weight is 430 g/mol. The highest BCUT2D eigenvalue weighted by Crippen LogP contribution is 2.38. The first kappa shape index (κ1) is 21.0. The second-order valence-corrected chi connectivity index (χ2v) is 7.90. The standard InChI is InChI=1S/C24H22N4O4/c1-24(19-10-8-17(9-11-19)21(25)26)22(31)27(14-20(29)30)23(32)28(24)13-15-6-7-16-4-2-3-5-18(16)12-15/h2-12H,13-14H2,1H3,(H3,25,26)(H,29,30)/t24-/m0/s1. The smallest absolute Gasteiger partial charge is 0.328 e. The van der Waals surface area contributed by atoms with Crippen molar-refractivity contribution in [1.29, 1.82) is 5.41 Å². The minimum Gasteiger partial charge on any atom is -0.480 e. The molecule has 1 heterocycles. The molecule has 0 aromatic heterocycles. The maximum Gasteiger partial charge on any atom is 0.328 e. The van der Waals surface area contributed by atoms with Crippen LogP contribution in [0, 0.1) is 5.41 Å². The third kappa shape index (κ3) is 3.45. The van der Waals surface area contributed by atoms with Crippen LogP contribution in [0.1, 0.15) is 23.6 Å². The van der Waals surface area contributed by atoms with E-state index in [1.165, 1.54) is 4.90 Å². The lowest BCUT2D eigenvalue weighted by Crippen LogP contribution is -2.44. The molecule has 162 valence electrons. The molecule has 4 N–H and O–H groups in total. The molecule has 3 amide bonds. The molecule has 0 spiro atoms. The largest absolute Gasteiger partial charge is 0.480 e. The molecule has 0 aliphatic carbocycles. The van der Waals surface area contributed by atoms with E-state index >= 15 is 0 Å². The Morgan fingerprint density at radius 1 is 1.03 bits per heavy atom. The molecule has 8 heteroatoms. The molecule has 1 aliphatic rings. The van der Waals surface area contributed by atoms with Crippen LogP contribution in [-0.4, -0.2) is 45.2 Å². The molecular weight excluding hydrogens is 408 g/mol. The van der Waals surface area contributed by atoms with Crippen LogP contribution in [-0.2, 0) is 21.7 Å². The first-order valence-electron chi connectivity index (χ1n) is 10.00. The number of nitrogens with zero attached hydrogens (tertiary/aromatic N) is 2. The minimum atomic E-state index is -1.41. The van der Waals surface area contributed by atoms with Gasteiger partial charge in [-0.1, -0.05) is 60.7 Å². The number of imide groups is 1. The van der Waals surface area contributed by atoms with E-state index in [1.54, 1.807) is 31.2 Å². The number of hydrogen-bond donors (Lipinski definition) is 3. The van der Waals surface area contributed by atoms with Crippen molar-refractivity contribution >= 4 is 34.5 Å². The molecule has 4 rings (SSSR count). The number of nitrogens with one attached hydrogen (secondary N) is 1. The van der Waals surface area contributed by atoms with Gasteiger partial charge in [0.15, 0.2) is 0 Å². The zero-order valence-electron chi connectivity index (χ0n) is 17.4. The number of carbonyl (C=O) groups is 3. The molecule has 3 aromatic rings. The minimum absolute atomic E-state index is 0.115. The number of carboxylic acid groups (broad SMARTS) is 1. The van der Waals surface area contributed by atoms with Gasteiger partial charge in [-0.25, -0.2) is 4.79 Å². The number of carboxylic acids is 1. The van der Waals surface area contributed by atoms with E-state index in [9.17, 15) is 19.5 Å². The Kier molecular flexibility index (Phi) is 5.14. The fraction of sp³-hybridized carbons (Fsp3) is 0.167. The van der Waals surface area contributed by atoms with Crippen LogP contribution in [0.25, 0.3) is 10.8 Å². The van der Waals surface area contributed by atoms with Gasteiger partial charge < -0.3 is 15.7 Å². The Morgan fingerprint density at radius 2 is 1.69 bits per heavy atom. The summed E-state index contributed by atoms with van der Waals surface area (Å²) in [5, 5.41) is 18.9. The molecule has 1 saturated heterocycles. The first-order valence-corrected chi connectivity index (χ1v) is 10.00. The lowest BCUT2D eigenvalue weighted by Gasteiger charge is -2.32. The summed E-state index contributed by atoms with van der Waals surface area (Å²) < 4.78 is 0. The average Bonchev–Trinajstić information content (AvgIpc) is 2.95. The summed E-state index contributed by atoms with van der Waals surface area (Å²) in [5.41, 5.74) is 5.93. The van der Waals surface area contributed by atoms with Gasteiger partial charge in [0.2, 0.25) is 0 Å². The Labute approximate surface area is 184 Å². The van der Waals surface area contributed by atoms with Gasteiger partial charge in [0.05, 0.1) is 0 Å². The lowest BCUT2D eigenvalue weighted by atomic mass is 9.89. The molecule has 3 aromatic carbocycles. The van der Waals surface area contributed by atoms with E-state index in [0.29, 0.717) is 11.1 Å². The number of benzene rings is 3. The zero-order chi connectivity index (χ0) is 23.0. The van der Waals surface area contributed by atoms with Gasteiger partial charge in [-0.05, 0) is 34.9 Å². The van der Waals surface area contributed by atoms with Crippen LogP contribution >= 0.6 is 0 Å². The van der Waals surface area contributed by atoms with Crippen LogP contribution in [0.3, 0.4) is 0 Å². The summed E-state index contributed by atoms with van der Waals surface area (Å²) in [6.07, 6.45) is 0. The highest BCUT2D eigenvalue weighted by molar-refractivity contribution is 6.09. The van der Waals surface area contributed by atoms with Gasteiger partial charge in [-0.3, -0.25) is 19.9 Å². The molecule has 0 radical (unpaired) electrons. The number of amides is 3. The van der Waals surface area contributed by atoms with Gasteiger partial charge in [0.1, 0.15) is 17.9 Å². The zero-order valence-corrected chi connectivity index (χ0v) is 17.4. The lowest BCUT2D eigenvalue weighted by molar-refractivity contribution is -0.143. The topological polar surface area (TPSA) is 128 Å². The highest BCUT2D eigenvalue weighted by atomic mass is 16.4. The van der Waals surface area contributed by atoms with E-state index < -0.39 is 30.0 Å². The normalized spacial score (nSPS) is 18.4. The van der Waals surface area contributed by atoms with Crippen molar-refractivity contribution in [3.63, 3.8) is 0 Å². The van der Waals surface area contributed by atoms with Crippen LogP contribution in [0.4, 0.5) is 4.79 Å². The summed E-state index contributed by atoms with van der Waals surface area (Å²) in [7, 11) is 0. The van der Waals surface area contributed by atoms with Crippen LogP contribution < -0.4 is 5.73 Å². The Balaban J connectivity index is 1.77. The Morgan fingerprint density at radius 3 is 2.31 bits per heavy atom. The summed E-state index contributed by atoms with van der Waals surface area (Å²) in [4.78, 5) is 40.0. The van der Waals surface area contributed by atoms with Crippen LogP contribution in [0.5, 0.6) is 0 Å². The van der Waals surface area contributed by atoms with Crippen molar-refractivity contribution in [2.45, 2.75) is 19.0 Å². The SMILES string of the molecule is C[C@]1(c2ccc(C(=N)N)cc2)C(=O)N(CC(=O)O)C(=O)N1Cc1ccc2ccccc2c1. The predicted molar refractivity (Wildman–Crippen MR) is 119 cm³/mol. The Bertz CT molecular complexity index is 1250. The molecule has 0 unspecified atom stereocenters. The van der Waals surface area contributed by atoms with E-state index in [1.807, 2.05) is 42.5 Å². The van der Waals surface area contributed by atoms with Crippen molar-refractivity contribution in [1.82, 2.24) is 9.80 Å². The third-order valence-corrected chi connectivity index (χ3v) is 5.87. The number of nitrogen functional groups attached to an aromatic ring is 1. The van der Waals surface area contributed by atoms with Crippen molar-refractivity contribution in [2.24, 2.45) is 5.73 Å². The highest BCUT2D eigenvalue weighted by Gasteiger charge is 2.55. The van der Waals surface area contributed by atoms with E-state index in [0.717, 1.165) is 21.2 Å². The molecule has 8 nitrogen and oxygen atoms in total. The molecule has 0 saturated carbocycles. The van der Waals surface area contributed by atoms with Gasteiger partial charge in [-0.2, -0.15) is 0 Å². The number of urea groups is 1. The summed E-state index contributed by atoms with van der Waals surface area (Å²) in [5.74, 6) is -1.99. The summed E-state index contributed by atoms with van der Waals surface area (Å²) in [6.45, 7) is 1.02. The number of aliphatic carboxylic acids is 1. The van der Waals surface area contributed by atoms with Crippen LogP contribution in [0.2, 0.25) is 0 Å². The number of fused-ring (bicyclic) bond motifs is 1. The van der Waals surface area contributed by atoms with Gasteiger partial charge in [0, 0.05) is 12.1 Å². The third-order valence-electron chi connectivity index (χ3n) is 5.87. The van der Waals surface area contributed by atoms with Gasteiger partial charge in [0.25, 0.3) is 5.91 Å². The Hall–Kier alpha value is -4.20. The van der Waals surface area contributed by atoms with Crippen molar-refractivity contribution in [3.05, 3.63) is 83.4 Å². The molecule has 1 aliphatic heterocycles. The fourth-order valence-corrected chi connectivity index (χ4v) is 4.08. The van der Waals surface area contributed by atoms with Gasteiger partial charge >= 0.3 is 12.0 Å². The second kappa shape index (κ2) is 7.81. The summed E-state index contributed by atoms with van der Waals surface area (Å²) in [6, 6.07) is 19.4. The molecule has 0 bridgehead atoms. The van der Waals surface area contributed by atoms with Crippen molar-refractivity contribution in [2.75, 3.05) is 6.54 Å². The fourth-order valence-electron chi connectivity index (χ4n) is 4.08. The monoisotopic (exact) mass is 430 g/mol. The van der Waals surface area contributed by atoms with E-state index in [-0.39, 0.29) is 12.4 Å². The van der Waals surface area contributed by atoms with E-state index in [4.69, 9.17) is 11.1 Å². The quantitative estimate of drug-likeness (QED) is 0.315. The number of carbonyl (C=O) groups excluding carboxylic acids is 2. The molecular formula is C24H22N4O4. The van der Waals surface area contributed by atoms with Crippen molar-refractivity contribution in [3.8, 4) is 0 Å². The van der Waals surface area contributed by atoms with Crippen molar-refractivity contribution < 1.29 is 19.5 Å². The molecule has 1 fully saturated rings. The van der Waals surface area contributed by atoms with E-state index in [2.05, 4.69) is 0 Å². The number of hydrogen-bond acceptors (Lipinski definition) is 4. The number of amidine groups is 1. The van der Waals surface area contributed by atoms with Crippen LogP contribution in [0.15, 0.2) is 66.7 Å². The second-order valence-electron chi connectivity index (χ2n) is 7.90. The number of nitrogens with two attached hydrogens (primary N) is 1. The maximum atomic E-state index is 13.3. The first-order chi connectivity index (χ1) is 15.2. The molecule has 1 atom stereocenters. The van der Waals surface area contributed by atoms with Gasteiger partial charge in [-0.15, -0.1) is 0 Å². The maximum absolute atomic E-state index is 13.3. The predicted octanol–water partition coefficient (Wildman–Crippen LogP) is 2.89. The number of rotatable bonds is 6. The molecule has 32 heavy (non-hydrogen) atoms. The summed E-state index contributed by atoms with van der Waals surface area (Å²) >= 11 is 0.